The van der Waals surface area contributed by atoms with Gasteiger partial charge in [0, 0.05) is 4.88 Å². The molecule has 0 aliphatic heterocycles. The number of hydrogen-bond donors (Lipinski definition) is 2. The smallest absolute Gasteiger partial charge is 0.0931 e. The number of thiophene rings is 1. The fourth-order valence-electron chi connectivity index (χ4n) is 2.71. The first-order valence-corrected chi connectivity index (χ1v) is 7.70. The first kappa shape index (κ1) is 13.3. The molecule has 3 N–H and O–H groups in total. The van der Waals surface area contributed by atoms with Gasteiger partial charge in [0.2, 0.25) is 0 Å². The molecule has 0 bridgehead atoms. The van der Waals surface area contributed by atoms with Gasteiger partial charge in [-0.15, -0.1) is 11.3 Å². The van der Waals surface area contributed by atoms with Crippen LogP contribution in [0.25, 0.3) is 0 Å². The quantitative estimate of drug-likeness (QED) is 0.488. The van der Waals surface area contributed by atoms with E-state index >= 15 is 0 Å². The van der Waals surface area contributed by atoms with Crippen LogP contribution in [0, 0.1) is 5.92 Å². The van der Waals surface area contributed by atoms with Crippen molar-refractivity contribution in [2.24, 2.45) is 11.8 Å². The summed E-state index contributed by atoms with van der Waals surface area (Å²) >= 11 is 7.62. The summed E-state index contributed by atoms with van der Waals surface area (Å²) in [5.74, 6) is 6.50. The van der Waals surface area contributed by atoms with Crippen molar-refractivity contribution in [3.8, 4) is 0 Å². The second-order valence-corrected chi connectivity index (χ2v) is 6.70. The van der Waals surface area contributed by atoms with E-state index in [4.69, 9.17) is 17.4 Å². The third-order valence-electron chi connectivity index (χ3n) is 3.68. The van der Waals surface area contributed by atoms with E-state index in [0.29, 0.717) is 0 Å². The van der Waals surface area contributed by atoms with Crippen molar-refractivity contribution in [3.05, 3.63) is 21.3 Å². The molecule has 2 rings (SSSR count). The molecule has 1 aliphatic rings. The Hall–Kier alpha value is -0.0900. The lowest BCUT2D eigenvalue weighted by Gasteiger charge is -2.21. The molecule has 0 amide bonds. The average Bonchev–Trinajstić information content (AvgIpc) is 2.62. The number of nitrogens with one attached hydrogen (secondary N) is 1. The summed E-state index contributed by atoms with van der Waals surface area (Å²) in [7, 11) is 0. The van der Waals surface area contributed by atoms with Gasteiger partial charge in [0.1, 0.15) is 0 Å². The minimum absolute atomic E-state index is 0.274. The van der Waals surface area contributed by atoms with E-state index in [0.717, 1.165) is 16.7 Å². The molecule has 0 spiro atoms. The molecule has 0 aromatic carbocycles. The number of hydrazine groups is 1. The third-order valence-corrected chi connectivity index (χ3v) is 5.03. The van der Waals surface area contributed by atoms with E-state index in [-0.39, 0.29) is 6.04 Å². The van der Waals surface area contributed by atoms with Crippen LogP contribution in [0.5, 0.6) is 0 Å². The maximum atomic E-state index is 5.98. The van der Waals surface area contributed by atoms with Crippen LogP contribution in [0.4, 0.5) is 0 Å². The minimum Gasteiger partial charge on any atom is -0.271 e. The molecule has 17 heavy (non-hydrogen) atoms. The summed E-state index contributed by atoms with van der Waals surface area (Å²) in [6.07, 6.45) is 9.44. The van der Waals surface area contributed by atoms with Crippen molar-refractivity contribution in [2.45, 2.75) is 51.0 Å². The van der Waals surface area contributed by atoms with Gasteiger partial charge in [0.25, 0.3) is 0 Å². The van der Waals surface area contributed by atoms with E-state index in [1.807, 2.05) is 6.07 Å². The van der Waals surface area contributed by atoms with Crippen molar-refractivity contribution in [1.29, 1.82) is 0 Å². The second-order valence-electron chi connectivity index (χ2n) is 4.95. The molecule has 1 aromatic rings. The standard InChI is InChI=1S/C13H21ClN2S/c14-13-8-7-12(17-13)11(16-15)9-10-5-3-1-2-4-6-10/h7-8,10-11,16H,1-6,9,15H2. The Morgan fingerprint density at radius 1 is 1.29 bits per heavy atom. The van der Waals surface area contributed by atoms with Crippen LogP contribution in [-0.2, 0) is 0 Å². The van der Waals surface area contributed by atoms with E-state index in [1.165, 1.54) is 43.4 Å². The van der Waals surface area contributed by atoms with Crippen LogP contribution < -0.4 is 11.3 Å². The molecule has 1 atom stereocenters. The number of hydrogen-bond acceptors (Lipinski definition) is 3. The highest BCUT2D eigenvalue weighted by Gasteiger charge is 2.19. The molecule has 2 nitrogen and oxygen atoms in total. The number of halogens is 1. The van der Waals surface area contributed by atoms with Crippen molar-refractivity contribution in [1.82, 2.24) is 5.43 Å². The summed E-state index contributed by atoms with van der Waals surface area (Å²) in [5, 5.41) is 0. The lowest BCUT2D eigenvalue weighted by Crippen LogP contribution is -2.29. The van der Waals surface area contributed by atoms with Gasteiger partial charge in [0.15, 0.2) is 0 Å². The predicted molar refractivity (Wildman–Crippen MR) is 75.2 cm³/mol. The first-order valence-electron chi connectivity index (χ1n) is 6.51. The van der Waals surface area contributed by atoms with Gasteiger partial charge < -0.3 is 0 Å². The van der Waals surface area contributed by atoms with Crippen LogP contribution in [0.1, 0.15) is 55.9 Å². The highest BCUT2D eigenvalue weighted by atomic mass is 35.5. The highest BCUT2D eigenvalue weighted by molar-refractivity contribution is 7.16. The molecule has 1 aromatic heterocycles. The Kier molecular flexibility index (Phi) is 5.29. The lowest BCUT2D eigenvalue weighted by molar-refractivity contribution is 0.362. The van der Waals surface area contributed by atoms with E-state index in [2.05, 4.69) is 11.5 Å². The molecule has 1 heterocycles. The fourth-order valence-corrected chi connectivity index (χ4v) is 3.85. The second kappa shape index (κ2) is 6.74. The molecular weight excluding hydrogens is 252 g/mol. The van der Waals surface area contributed by atoms with Crippen LogP contribution in [0.15, 0.2) is 12.1 Å². The topological polar surface area (TPSA) is 38.0 Å². The zero-order valence-electron chi connectivity index (χ0n) is 10.1. The van der Waals surface area contributed by atoms with E-state index < -0.39 is 0 Å². The first-order chi connectivity index (χ1) is 8.29. The van der Waals surface area contributed by atoms with Crippen LogP contribution in [0.2, 0.25) is 4.34 Å². The molecule has 0 saturated heterocycles. The highest BCUT2D eigenvalue weighted by Crippen LogP contribution is 2.34. The Morgan fingerprint density at radius 3 is 2.53 bits per heavy atom. The predicted octanol–water partition coefficient (Wildman–Crippen LogP) is 4.27. The molecular formula is C13H21ClN2S. The summed E-state index contributed by atoms with van der Waals surface area (Å²) in [5.41, 5.74) is 2.95. The summed E-state index contributed by atoms with van der Waals surface area (Å²) < 4.78 is 0.848. The molecule has 0 radical (unpaired) electrons. The Bertz CT molecular complexity index is 332. The Balaban J connectivity index is 1.94. The number of nitrogens with two attached hydrogens (primary N) is 1. The number of rotatable bonds is 4. The molecule has 4 heteroatoms. The maximum Gasteiger partial charge on any atom is 0.0931 e. The lowest BCUT2D eigenvalue weighted by atomic mass is 9.92. The normalized spacial score (nSPS) is 20.1. The van der Waals surface area contributed by atoms with Gasteiger partial charge >= 0.3 is 0 Å². The van der Waals surface area contributed by atoms with Gasteiger partial charge in [-0.1, -0.05) is 50.1 Å². The Morgan fingerprint density at radius 2 is 2.00 bits per heavy atom. The van der Waals surface area contributed by atoms with Gasteiger partial charge in [-0.05, 0) is 24.5 Å². The zero-order valence-corrected chi connectivity index (χ0v) is 11.7. The van der Waals surface area contributed by atoms with Crippen LogP contribution in [0.3, 0.4) is 0 Å². The molecule has 1 unspecified atom stereocenters. The molecule has 1 aliphatic carbocycles. The molecule has 1 saturated carbocycles. The summed E-state index contributed by atoms with van der Waals surface area (Å²) in [6.45, 7) is 0. The van der Waals surface area contributed by atoms with Gasteiger partial charge in [-0.3, -0.25) is 11.3 Å². The van der Waals surface area contributed by atoms with E-state index in [9.17, 15) is 0 Å². The van der Waals surface area contributed by atoms with Gasteiger partial charge in [-0.2, -0.15) is 0 Å². The molecule has 1 fully saturated rings. The molecule has 96 valence electrons. The van der Waals surface area contributed by atoms with Crippen molar-refractivity contribution < 1.29 is 0 Å². The van der Waals surface area contributed by atoms with Crippen molar-refractivity contribution >= 4 is 22.9 Å². The van der Waals surface area contributed by atoms with Crippen molar-refractivity contribution in [3.63, 3.8) is 0 Å². The largest absolute Gasteiger partial charge is 0.271 e. The average molecular weight is 273 g/mol. The Labute approximate surface area is 113 Å². The monoisotopic (exact) mass is 272 g/mol. The SMILES string of the molecule is NNC(CC1CCCCCC1)c1ccc(Cl)s1. The van der Waals surface area contributed by atoms with Gasteiger partial charge in [-0.25, -0.2) is 0 Å². The third kappa shape index (κ3) is 3.95. The van der Waals surface area contributed by atoms with Gasteiger partial charge in [0.05, 0.1) is 10.4 Å². The maximum absolute atomic E-state index is 5.98. The zero-order chi connectivity index (χ0) is 12.1. The summed E-state index contributed by atoms with van der Waals surface area (Å²) in [4.78, 5) is 1.27. The fraction of sp³-hybridized carbons (Fsp3) is 0.692. The van der Waals surface area contributed by atoms with E-state index in [1.54, 1.807) is 11.3 Å². The van der Waals surface area contributed by atoms with Crippen LogP contribution in [-0.4, -0.2) is 0 Å². The van der Waals surface area contributed by atoms with Crippen molar-refractivity contribution in [2.75, 3.05) is 0 Å². The van der Waals surface area contributed by atoms with Crippen LogP contribution >= 0.6 is 22.9 Å². The minimum atomic E-state index is 0.274. The summed E-state index contributed by atoms with van der Waals surface area (Å²) in [6, 6.07) is 4.32.